The summed E-state index contributed by atoms with van der Waals surface area (Å²) in [5, 5.41) is -0.150. The molecule has 12 nitrogen and oxygen atoms in total. The van der Waals surface area contributed by atoms with E-state index in [0.29, 0.717) is 0 Å². The van der Waals surface area contributed by atoms with Crippen LogP contribution in [0, 0.1) is 0 Å². The van der Waals surface area contributed by atoms with Crippen LogP contribution >= 0.6 is 34.6 Å². The van der Waals surface area contributed by atoms with Gasteiger partial charge in [0.05, 0.1) is 12.6 Å². The first kappa shape index (κ1) is 20.9. The van der Waals surface area contributed by atoms with Crippen molar-refractivity contribution in [2.75, 3.05) is 6.61 Å². The highest BCUT2D eigenvalue weighted by Gasteiger charge is 2.51. The highest BCUT2D eigenvalue weighted by Crippen LogP contribution is 2.66. The van der Waals surface area contributed by atoms with Crippen molar-refractivity contribution in [2.24, 2.45) is 0 Å². The maximum atomic E-state index is 11.3. The van der Waals surface area contributed by atoms with Gasteiger partial charge in [-0.1, -0.05) is 0 Å². The van der Waals surface area contributed by atoms with E-state index in [9.17, 15) is 14.0 Å². The number of fused-ring (bicyclic) bond motifs is 1. The van der Waals surface area contributed by atoms with Crippen molar-refractivity contribution in [3.05, 3.63) is 0 Å². The second-order valence-electron chi connectivity index (χ2n) is 4.44. The van der Waals surface area contributed by atoms with Gasteiger partial charge in [0.25, 0.3) is 0 Å². The molecule has 6 atom stereocenters. The van der Waals surface area contributed by atoms with Gasteiger partial charge in [-0.05, 0) is 11.8 Å². The second-order valence-corrected chi connectivity index (χ2v) is 10.6. The second kappa shape index (κ2) is 7.28. The van der Waals surface area contributed by atoms with Crippen LogP contribution in [0.15, 0.2) is 0 Å². The molecule has 2 heterocycles. The summed E-state index contributed by atoms with van der Waals surface area (Å²) in [6.07, 6.45) is -2.36. The average molecular weight is 442 g/mol. The van der Waals surface area contributed by atoms with E-state index in [1.54, 1.807) is 0 Å². The smallest absolute Gasteiger partial charge is 0.448 e. The van der Waals surface area contributed by atoms with Crippen LogP contribution in [0.4, 0.5) is 0 Å². The van der Waals surface area contributed by atoms with E-state index in [1.807, 2.05) is 0 Å². The Hall–Kier alpha value is 0.545. The number of hydrogen-bond acceptors (Lipinski definition) is 10. The minimum absolute atomic E-state index is 0.150. The third kappa shape index (κ3) is 5.78. The Morgan fingerprint density at radius 2 is 1.71 bits per heavy atom. The third-order valence-electron chi connectivity index (χ3n) is 2.63. The largest absolute Gasteiger partial charge is 0.488 e. The Balaban J connectivity index is 1.93. The van der Waals surface area contributed by atoms with Gasteiger partial charge < -0.3 is 38.3 Å². The van der Waals surface area contributed by atoms with E-state index in [2.05, 4.69) is 20.4 Å². The minimum Gasteiger partial charge on any atom is -0.448 e. The predicted molar refractivity (Wildman–Crippen MR) is 83.3 cm³/mol. The van der Waals surface area contributed by atoms with Crippen molar-refractivity contribution in [1.82, 2.24) is 0 Å². The zero-order valence-corrected chi connectivity index (χ0v) is 15.6. The molecule has 4 N–H and O–H groups in total. The number of ether oxygens (including phenoxy) is 3. The molecule has 0 aromatic rings. The molecule has 2 aliphatic heterocycles. The molecule has 136 valence electrons. The van der Waals surface area contributed by atoms with Crippen LogP contribution in [0.3, 0.4) is 0 Å². The summed E-state index contributed by atoms with van der Waals surface area (Å²) in [4.78, 5) is 35.8. The lowest BCUT2D eigenvalue weighted by Gasteiger charge is -2.21. The molecule has 2 fully saturated rings. The molecule has 0 bridgehead atoms. The first-order valence-electron chi connectivity index (χ1n) is 5.85. The SMILES string of the molecule is [B]C1OC(COP(O)(=S)OP(=O)(O)OP(=O)(O)O)C2OC(=S)OC12. The number of phosphoric acid groups is 2. The zero-order chi connectivity index (χ0) is 18.3. The molecule has 0 aromatic heterocycles. The van der Waals surface area contributed by atoms with E-state index in [0.717, 1.165) is 0 Å². The highest BCUT2D eigenvalue weighted by atomic mass is 32.5. The molecule has 2 aliphatic rings. The summed E-state index contributed by atoms with van der Waals surface area (Å²) < 4.78 is 49.7. The molecule has 18 heteroatoms. The van der Waals surface area contributed by atoms with E-state index in [-0.39, 0.29) is 5.24 Å². The molecule has 2 rings (SSSR count). The van der Waals surface area contributed by atoms with Gasteiger partial charge in [-0.2, -0.15) is 4.31 Å². The Kier molecular flexibility index (Phi) is 6.32. The summed E-state index contributed by atoms with van der Waals surface area (Å²) in [7, 11) is -5.11. The standard InChI is InChI=1S/C6H10BO12P3S2/c7-5-4-3(16-6(23)17-4)2(15-5)1-14-22(13,24)19-21(11,12)18-20(8,9)10/h2-5H,1H2,(H,11,12)(H,13,24)(H2,8,9,10). The third-order valence-corrected chi connectivity index (χ3v) is 7.54. The van der Waals surface area contributed by atoms with Crippen LogP contribution in [0.5, 0.6) is 0 Å². The highest BCUT2D eigenvalue weighted by molar-refractivity contribution is 8.08. The van der Waals surface area contributed by atoms with E-state index >= 15 is 0 Å². The van der Waals surface area contributed by atoms with Crippen LogP contribution in [0.25, 0.3) is 0 Å². The monoisotopic (exact) mass is 442 g/mol. The van der Waals surface area contributed by atoms with Crippen molar-refractivity contribution in [3.8, 4) is 0 Å². The lowest BCUT2D eigenvalue weighted by molar-refractivity contribution is -0.0000359. The lowest BCUT2D eigenvalue weighted by atomic mass is 9.93. The Morgan fingerprint density at radius 3 is 2.29 bits per heavy atom. The molecule has 24 heavy (non-hydrogen) atoms. The van der Waals surface area contributed by atoms with E-state index < -0.39 is 53.3 Å². The van der Waals surface area contributed by atoms with E-state index in [1.165, 1.54) is 0 Å². The molecule has 2 saturated heterocycles. The normalized spacial score (nSPS) is 34.8. The fourth-order valence-corrected chi connectivity index (χ4v) is 6.08. The summed E-state index contributed by atoms with van der Waals surface area (Å²) in [6, 6.07) is -0.900. The Labute approximate surface area is 146 Å². The van der Waals surface area contributed by atoms with Crippen molar-refractivity contribution in [1.29, 1.82) is 0 Å². The van der Waals surface area contributed by atoms with Gasteiger partial charge in [-0.15, -0.1) is 0 Å². The van der Waals surface area contributed by atoms with Crippen molar-refractivity contribution < 1.29 is 56.1 Å². The molecule has 0 aromatic carbocycles. The maximum absolute atomic E-state index is 11.3. The Morgan fingerprint density at radius 1 is 1.12 bits per heavy atom. The molecule has 0 saturated carbocycles. The van der Waals surface area contributed by atoms with Crippen LogP contribution in [-0.2, 0) is 48.3 Å². The zero-order valence-electron chi connectivity index (χ0n) is 11.3. The maximum Gasteiger partial charge on any atom is 0.488 e. The van der Waals surface area contributed by atoms with Gasteiger partial charge in [0.1, 0.15) is 14.0 Å². The van der Waals surface area contributed by atoms with Crippen LogP contribution < -0.4 is 0 Å². The molecule has 2 radical (unpaired) electrons. The average Bonchev–Trinajstić information content (AvgIpc) is 2.82. The molecular weight excluding hydrogens is 432 g/mol. The lowest BCUT2D eigenvalue weighted by Crippen LogP contribution is -2.31. The van der Waals surface area contributed by atoms with Crippen molar-refractivity contribution in [3.63, 3.8) is 0 Å². The van der Waals surface area contributed by atoms with Crippen LogP contribution in [0.1, 0.15) is 0 Å². The van der Waals surface area contributed by atoms with Gasteiger partial charge >= 0.3 is 27.6 Å². The summed E-state index contributed by atoms with van der Waals surface area (Å²) in [6.45, 7) is -4.92. The van der Waals surface area contributed by atoms with Gasteiger partial charge in [0.2, 0.25) is 0 Å². The van der Waals surface area contributed by atoms with Gasteiger partial charge in [-0.25, -0.2) is 13.4 Å². The summed E-state index contributed by atoms with van der Waals surface area (Å²) in [5.74, 6) is 0. The van der Waals surface area contributed by atoms with Crippen molar-refractivity contribution in [2.45, 2.75) is 24.3 Å². The Bertz CT molecular complexity index is 653. The van der Waals surface area contributed by atoms with Gasteiger partial charge in [-0.3, -0.25) is 0 Å². The fraction of sp³-hybridized carbons (Fsp3) is 0.833. The number of hydrogen-bond donors (Lipinski definition) is 4. The minimum atomic E-state index is -5.38. The molecule has 0 aliphatic carbocycles. The van der Waals surface area contributed by atoms with Crippen LogP contribution in [-0.4, -0.2) is 63.6 Å². The topological polar surface area (TPSA) is 170 Å². The van der Waals surface area contributed by atoms with Gasteiger partial charge in [0.15, 0.2) is 12.2 Å². The predicted octanol–water partition coefficient (Wildman–Crippen LogP) is -0.592. The van der Waals surface area contributed by atoms with E-state index in [4.69, 9.17) is 53.5 Å². The van der Waals surface area contributed by atoms with Crippen LogP contribution in [0.2, 0.25) is 0 Å². The molecular formula is C6H10BO12P3S2. The summed E-state index contributed by atoms with van der Waals surface area (Å²) in [5.41, 5.74) is 0. The first-order chi connectivity index (χ1) is 10.8. The van der Waals surface area contributed by atoms with Crippen molar-refractivity contribution >= 4 is 59.5 Å². The first-order valence-corrected chi connectivity index (χ1v) is 11.9. The van der Waals surface area contributed by atoms with Gasteiger partial charge in [0, 0.05) is 12.2 Å². The molecule has 0 amide bonds. The fourth-order valence-electron chi connectivity index (χ4n) is 1.89. The number of thiocarbonyl (C=S) groups is 1. The molecule has 6 unspecified atom stereocenters. The molecule has 0 spiro atoms. The summed E-state index contributed by atoms with van der Waals surface area (Å²) >= 11 is 9.17. The number of rotatable bonds is 7. The quantitative estimate of drug-likeness (QED) is 0.224.